The van der Waals surface area contributed by atoms with Crippen molar-refractivity contribution in [3.63, 3.8) is 0 Å². The summed E-state index contributed by atoms with van der Waals surface area (Å²) >= 11 is 0. The van der Waals surface area contributed by atoms with Gasteiger partial charge in [-0.3, -0.25) is 0 Å². The van der Waals surface area contributed by atoms with E-state index in [9.17, 15) is 5.11 Å². The second-order valence-corrected chi connectivity index (χ2v) is 6.29. The Morgan fingerprint density at radius 3 is 2.44 bits per heavy atom. The Hall–Kier alpha value is -0.980. The van der Waals surface area contributed by atoms with Crippen molar-refractivity contribution < 1.29 is 5.11 Å². The zero-order valence-corrected chi connectivity index (χ0v) is 12.0. The molecule has 0 amide bonds. The van der Waals surface area contributed by atoms with E-state index in [-0.39, 0.29) is 0 Å². The van der Waals surface area contributed by atoms with Crippen LogP contribution in [0.3, 0.4) is 0 Å². The molecule has 0 radical (unpaired) electrons. The van der Waals surface area contributed by atoms with Gasteiger partial charge in [0.25, 0.3) is 0 Å². The van der Waals surface area contributed by atoms with Crippen LogP contribution in [0.1, 0.15) is 68.6 Å². The molecule has 0 atom stereocenters. The highest BCUT2D eigenvalue weighted by Gasteiger charge is 2.20. The van der Waals surface area contributed by atoms with Gasteiger partial charge in [-0.05, 0) is 49.1 Å². The molecule has 1 fully saturated rings. The summed E-state index contributed by atoms with van der Waals surface area (Å²) in [4.78, 5) is 0. The maximum Gasteiger partial charge on any atom is 0.122 e. The van der Waals surface area contributed by atoms with Gasteiger partial charge in [-0.25, -0.2) is 0 Å². The quantitative estimate of drug-likeness (QED) is 0.800. The van der Waals surface area contributed by atoms with Crippen molar-refractivity contribution in [3.8, 4) is 5.75 Å². The van der Waals surface area contributed by atoms with Gasteiger partial charge < -0.3 is 5.11 Å². The molecule has 1 saturated carbocycles. The van der Waals surface area contributed by atoms with Crippen LogP contribution in [0.25, 0.3) is 0 Å². The number of phenolic OH excluding ortho intramolecular Hbond substituents is 1. The van der Waals surface area contributed by atoms with Crippen LogP contribution in [0.15, 0.2) is 12.1 Å². The van der Waals surface area contributed by atoms with Gasteiger partial charge in [0.2, 0.25) is 0 Å². The highest BCUT2D eigenvalue weighted by atomic mass is 16.3. The van der Waals surface area contributed by atoms with Crippen molar-refractivity contribution in [1.82, 2.24) is 0 Å². The summed E-state index contributed by atoms with van der Waals surface area (Å²) < 4.78 is 0. The number of rotatable bonds is 3. The Balaban J connectivity index is 2.31. The van der Waals surface area contributed by atoms with Crippen LogP contribution in [0.5, 0.6) is 5.75 Å². The third-order valence-electron chi connectivity index (χ3n) is 4.04. The van der Waals surface area contributed by atoms with Crippen molar-refractivity contribution in [2.24, 2.45) is 5.92 Å². The molecule has 1 N–H and O–H groups in total. The molecule has 18 heavy (non-hydrogen) atoms. The minimum atomic E-state index is 0.584. The van der Waals surface area contributed by atoms with E-state index in [0.29, 0.717) is 17.6 Å². The van der Waals surface area contributed by atoms with Crippen LogP contribution in [0.2, 0.25) is 0 Å². The Bertz CT molecular complexity index is 400. The minimum Gasteiger partial charge on any atom is -0.507 e. The van der Waals surface area contributed by atoms with Crippen LogP contribution in [-0.4, -0.2) is 5.11 Å². The lowest BCUT2D eigenvalue weighted by Crippen LogP contribution is -2.07. The predicted molar refractivity (Wildman–Crippen MR) is 77.2 cm³/mol. The first kappa shape index (κ1) is 13.5. The molecule has 1 aromatic rings. The second kappa shape index (κ2) is 5.77. The summed E-state index contributed by atoms with van der Waals surface area (Å²) in [7, 11) is 0. The predicted octanol–water partition coefficient (Wildman–Crippen LogP) is 4.95. The zero-order chi connectivity index (χ0) is 13.1. The number of phenols is 1. The third-order valence-corrected chi connectivity index (χ3v) is 4.04. The van der Waals surface area contributed by atoms with E-state index in [1.54, 1.807) is 0 Å². The molecule has 0 heterocycles. The van der Waals surface area contributed by atoms with Gasteiger partial charge in [0.1, 0.15) is 5.75 Å². The fourth-order valence-electron chi connectivity index (χ4n) is 3.20. The van der Waals surface area contributed by atoms with E-state index in [4.69, 9.17) is 0 Å². The average Bonchev–Trinajstić information content (AvgIpc) is 2.34. The first-order valence-corrected chi connectivity index (χ1v) is 7.40. The third kappa shape index (κ3) is 3.07. The lowest BCUT2D eigenvalue weighted by molar-refractivity contribution is 0.409. The molecule has 1 aliphatic carbocycles. The molecule has 0 unspecified atom stereocenters. The van der Waals surface area contributed by atoms with E-state index >= 15 is 0 Å². The standard InChI is InChI=1S/C17H26O/c1-12(2)9-15-10-13(3)11-16(17(15)18)14-7-5-4-6-8-14/h10-12,14,18H,4-9H2,1-3H3. The number of hydrogen-bond acceptors (Lipinski definition) is 1. The molecule has 1 heteroatoms. The molecule has 0 bridgehead atoms. The van der Waals surface area contributed by atoms with Crippen LogP contribution < -0.4 is 0 Å². The fourth-order valence-corrected chi connectivity index (χ4v) is 3.20. The van der Waals surface area contributed by atoms with Gasteiger partial charge in [-0.15, -0.1) is 0 Å². The van der Waals surface area contributed by atoms with E-state index in [2.05, 4.69) is 32.9 Å². The molecule has 100 valence electrons. The van der Waals surface area contributed by atoms with Gasteiger partial charge in [0, 0.05) is 0 Å². The lowest BCUT2D eigenvalue weighted by atomic mass is 9.82. The molecule has 1 nitrogen and oxygen atoms in total. The fraction of sp³-hybridized carbons (Fsp3) is 0.647. The first-order valence-electron chi connectivity index (χ1n) is 7.40. The molecule has 0 aliphatic heterocycles. The Labute approximate surface area is 111 Å². The number of aryl methyl sites for hydroxylation is 1. The first-order chi connectivity index (χ1) is 8.58. The summed E-state index contributed by atoms with van der Waals surface area (Å²) in [6, 6.07) is 4.36. The minimum absolute atomic E-state index is 0.584. The molecule has 0 aromatic heterocycles. The van der Waals surface area contributed by atoms with E-state index in [1.807, 2.05) is 0 Å². The van der Waals surface area contributed by atoms with Crippen molar-refractivity contribution in [2.45, 2.75) is 65.2 Å². The lowest BCUT2D eigenvalue weighted by Gasteiger charge is -2.24. The highest BCUT2D eigenvalue weighted by molar-refractivity contribution is 5.45. The van der Waals surface area contributed by atoms with Gasteiger partial charge in [0.15, 0.2) is 0 Å². The average molecular weight is 246 g/mol. The van der Waals surface area contributed by atoms with E-state index < -0.39 is 0 Å². The topological polar surface area (TPSA) is 20.2 Å². The summed E-state index contributed by atoms with van der Waals surface area (Å²) in [6.07, 6.45) is 7.47. The van der Waals surface area contributed by atoms with Crippen molar-refractivity contribution in [2.75, 3.05) is 0 Å². The second-order valence-electron chi connectivity index (χ2n) is 6.29. The maximum atomic E-state index is 10.5. The largest absolute Gasteiger partial charge is 0.507 e. The van der Waals surface area contributed by atoms with Crippen LogP contribution in [0, 0.1) is 12.8 Å². The maximum absolute atomic E-state index is 10.5. The number of hydrogen-bond donors (Lipinski definition) is 1. The van der Waals surface area contributed by atoms with Crippen molar-refractivity contribution in [1.29, 1.82) is 0 Å². The van der Waals surface area contributed by atoms with Gasteiger partial charge >= 0.3 is 0 Å². The van der Waals surface area contributed by atoms with Crippen LogP contribution in [0.4, 0.5) is 0 Å². The van der Waals surface area contributed by atoms with Crippen molar-refractivity contribution in [3.05, 3.63) is 28.8 Å². The van der Waals surface area contributed by atoms with Crippen molar-refractivity contribution >= 4 is 0 Å². The normalized spacial score (nSPS) is 17.3. The Kier molecular flexibility index (Phi) is 4.31. The SMILES string of the molecule is Cc1cc(CC(C)C)c(O)c(C2CCCCC2)c1. The number of benzene rings is 1. The van der Waals surface area contributed by atoms with E-state index in [0.717, 1.165) is 12.0 Å². The Morgan fingerprint density at radius 1 is 1.17 bits per heavy atom. The van der Waals surface area contributed by atoms with E-state index in [1.165, 1.54) is 43.2 Å². The summed E-state index contributed by atoms with van der Waals surface area (Å²) in [5.74, 6) is 1.77. The zero-order valence-electron chi connectivity index (χ0n) is 12.0. The number of aromatic hydroxyl groups is 1. The molecule has 0 spiro atoms. The summed E-state index contributed by atoms with van der Waals surface area (Å²) in [5, 5.41) is 10.5. The molecular formula is C17H26O. The molecule has 1 aliphatic rings. The van der Waals surface area contributed by atoms with Gasteiger partial charge in [-0.2, -0.15) is 0 Å². The van der Waals surface area contributed by atoms with Gasteiger partial charge in [-0.1, -0.05) is 50.8 Å². The van der Waals surface area contributed by atoms with Crippen LogP contribution >= 0.6 is 0 Å². The monoisotopic (exact) mass is 246 g/mol. The molecule has 2 rings (SSSR count). The Morgan fingerprint density at radius 2 is 1.83 bits per heavy atom. The molecule has 1 aromatic carbocycles. The smallest absolute Gasteiger partial charge is 0.122 e. The summed E-state index contributed by atoms with van der Waals surface area (Å²) in [6.45, 7) is 6.57. The van der Waals surface area contributed by atoms with Crippen LogP contribution in [-0.2, 0) is 6.42 Å². The highest BCUT2D eigenvalue weighted by Crippen LogP contribution is 2.39. The molecule has 0 saturated heterocycles. The molecular weight excluding hydrogens is 220 g/mol. The summed E-state index contributed by atoms with van der Waals surface area (Å²) in [5.41, 5.74) is 3.65. The van der Waals surface area contributed by atoms with Gasteiger partial charge in [0.05, 0.1) is 0 Å².